The number of benzene rings is 1. The highest BCUT2D eigenvalue weighted by molar-refractivity contribution is 5.55. The first kappa shape index (κ1) is 11.0. The molecule has 2 aliphatic rings. The highest BCUT2D eigenvalue weighted by Gasteiger charge is 2.27. The fourth-order valence-electron chi connectivity index (χ4n) is 2.87. The SMILES string of the molecule is Fc1cccc2c1NCCC2N1CCNCC1. The second-order valence-electron chi connectivity index (χ2n) is 4.72. The van der Waals surface area contributed by atoms with Crippen LogP contribution < -0.4 is 10.6 Å². The summed E-state index contributed by atoms with van der Waals surface area (Å²) in [7, 11) is 0. The molecule has 0 aliphatic carbocycles. The molecule has 4 heteroatoms. The van der Waals surface area contributed by atoms with Gasteiger partial charge in [-0.15, -0.1) is 0 Å². The van der Waals surface area contributed by atoms with Gasteiger partial charge >= 0.3 is 0 Å². The average molecular weight is 235 g/mol. The minimum absolute atomic E-state index is 0.123. The molecule has 2 aliphatic heterocycles. The molecule has 0 saturated carbocycles. The fraction of sp³-hybridized carbons (Fsp3) is 0.538. The van der Waals surface area contributed by atoms with Crippen LogP contribution in [0.4, 0.5) is 10.1 Å². The summed E-state index contributed by atoms with van der Waals surface area (Å²) >= 11 is 0. The number of nitrogens with zero attached hydrogens (tertiary/aromatic N) is 1. The van der Waals surface area contributed by atoms with Gasteiger partial charge in [-0.2, -0.15) is 0 Å². The average Bonchev–Trinajstić information content (AvgIpc) is 2.40. The normalized spacial score (nSPS) is 25.1. The molecule has 3 rings (SSSR count). The summed E-state index contributed by atoms with van der Waals surface area (Å²) in [6, 6.07) is 5.78. The van der Waals surface area contributed by atoms with Gasteiger partial charge in [0.15, 0.2) is 0 Å². The zero-order valence-electron chi connectivity index (χ0n) is 9.88. The number of hydrogen-bond donors (Lipinski definition) is 2. The third-order valence-electron chi connectivity index (χ3n) is 3.72. The van der Waals surface area contributed by atoms with Crippen molar-refractivity contribution in [2.24, 2.45) is 0 Å². The molecule has 92 valence electrons. The van der Waals surface area contributed by atoms with Crippen LogP contribution in [0, 0.1) is 5.82 Å². The minimum atomic E-state index is -0.123. The predicted octanol–water partition coefficient (Wildman–Crippen LogP) is 1.59. The van der Waals surface area contributed by atoms with E-state index < -0.39 is 0 Å². The van der Waals surface area contributed by atoms with E-state index in [0.29, 0.717) is 11.7 Å². The lowest BCUT2D eigenvalue weighted by atomic mass is 9.95. The smallest absolute Gasteiger partial charge is 0.146 e. The van der Waals surface area contributed by atoms with Gasteiger partial charge in [0.25, 0.3) is 0 Å². The van der Waals surface area contributed by atoms with E-state index in [0.717, 1.165) is 44.7 Å². The minimum Gasteiger partial charge on any atom is -0.382 e. The van der Waals surface area contributed by atoms with Gasteiger partial charge in [-0.25, -0.2) is 4.39 Å². The van der Waals surface area contributed by atoms with Gasteiger partial charge in [0.2, 0.25) is 0 Å². The second-order valence-corrected chi connectivity index (χ2v) is 4.72. The van der Waals surface area contributed by atoms with Crippen molar-refractivity contribution in [1.82, 2.24) is 10.2 Å². The Bertz CT molecular complexity index is 402. The molecule has 2 heterocycles. The molecule has 1 fully saturated rings. The summed E-state index contributed by atoms with van der Waals surface area (Å²) in [4.78, 5) is 2.47. The first-order valence-corrected chi connectivity index (χ1v) is 6.33. The van der Waals surface area contributed by atoms with Crippen LogP contribution in [-0.2, 0) is 0 Å². The van der Waals surface area contributed by atoms with Crippen LogP contribution in [0.2, 0.25) is 0 Å². The maximum Gasteiger partial charge on any atom is 0.146 e. The van der Waals surface area contributed by atoms with Crippen LogP contribution in [0.5, 0.6) is 0 Å². The van der Waals surface area contributed by atoms with Gasteiger partial charge in [0.05, 0.1) is 5.69 Å². The van der Waals surface area contributed by atoms with Crippen molar-refractivity contribution >= 4 is 5.69 Å². The van der Waals surface area contributed by atoms with Gasteiger partial charge in [-0.1, -0.05) is 12.1 Å². The Morgan fingerprint density at radius 1 is 1.18 bits per heavy atom. The van der Waals surface area contributed by atoms with Crippen LogP contribution in [0.1, 0.15) is 18.0 Å². The lowest BCUT2D eigenvalue weighted by molar-refractivity contribution is 0.165. The van der Waals surface area contributed by atoms with Crippen LogP contribution in [0.15, 0.2) is 18.2 Å². The molecular formula is C13H18FN3. The van der Waals surface area contributed by atoms with Crippen molar-refractivity contribution in [3.8, 4) is 0 Å². The molecule has 17 heavy (non-hydrogen) atoms. The van der Waals surface area contributed by atoms with E-state index in [-0.39, 0.29) is 5.82 Å². The van der Waals surface area contributed by atoms with E-state index in [4.69, 9.17) is 0 Å². The van der Waals surface area contributed by atoms with Crippen molar-refractivity contribution in [2.75, 3.05) is 38.0 Å². The number of piperazine rings is 1. The quantitative estimate of drug-likeness (QED) is 0.774. The van der Waals surface area contributed by atoms with Crippen molar-refractivity contribution in [3.63, 3.8) is 0 Å². The van der Waals surface area contributed by atoms with Gasteiger partial charge < -0.3 is 10.6 Å². The fourth-order valence-corrected chi connectivity index (χ4v) is 2.87. The monoisotopic (exact) mass is 235 g/mol. The molecule has 0 bridgehead atoms. The van der Waals surface area contributed by atoms with E-state index in [1.807, 2.05) is 6.07 Å². The molecule has 0 amide bonds. The number of para-hydroxylation sites is 1. The topological polar surface area (TPSA) is 27.3 Å². The summed E-state index contributed by atoms with van der Waals surface area (Å²) in [5.74, 6) is -0.123. The molecule has 1 unspecified atom stereocenters. The number of fused-ring (bicyclic) bond motifs is 1. The molecule has 1 aromatic rings. The number of rotatable bonds is 1. The Morgan fingerprint density at radius 2 is 2.00 bits per heavy atom. The number of halogens is 1. The van der Waals surface area contributed by atoms with Crippen molar-refractivity contribution in [1.29, 1.82) is 0 Å². The maximum atomic E-state index is 13.7. The third kappa shape index (κ3) is 2.03. The summed E-state index contributed by atoms with van der Waals surface area (Å²) < 4.78 is 13.7. The standard InChI is InChI=1S/C13H18FN3/c14-11-3-1-2-10-12(4-5-16-13(10)11)17-8-6-15-7-9-17/h1-3,12,15-16H,4-9H2. The highest BCUT2D eigenvalue weighted by atomic mass is 19.1. The predicted molar refractivity (Wildman–Crippen MR) is 66.7 cm³/mol. The van der Waals surface area contributed by atoms with E-state index in [9.17, 15) is 4.39 Å². The molecule has 2 N–H and O–H groups in total. The van der Waals surface area contributed by atoms with Crippen molar-refractivity contribution in [3.05, 3.63) is 29.6 Å². The Balaban J connectivity index is 1.90. The molecule has 0 spiro atoms. The molecule has 1 atom stereocenters. The van der Waals surface area contributed by atoms with Gasteiger partial charge in [0, 0.05) is 38.8 Å². The zero-order valence-corrected chi connectivity index (χ0v) is 9.88. The molecule has 0 radical (unpaired) electrons. The Hall–Kier alpha value is -1.13. The molecule has 1 aromatic carbocycles. The Morgan fingerprint density at radius 3 is 2.82 bits per heavy atom. The molecule has 1 saturated heterocycles. The number of nitrogens with one attached hydrogen (secondary N) is 2. The van der Waals surface area contributed by atoms with Gasteiger partial charge in [-0.3, -0.25) is 4.90 Å². The lowest BCUT2D eigenvalue weighted by Gasteiger charge is -2.38. The number of hydrogen-bond acceptors (Lipinski definition) is 3. The van der Waals surface area contributed by atoms with Gasteiger partial charge in [0.1, 0.15) is 5.82 Å². The van der Waals surface area contributed by atoms with Crippen LogP contribution >= 0.6 is 0 Å². The summed E-state index contributed by atoms with van der Waals surface area (Å²) in [5.41, 5.74) is 1.83. The maximum absolute atomic E-state index is 13.7. The van der Waals surface area contributed by atoms with Crippen molar-refractivity contribution < 1.29 is 4.39 Å². The van der Waals surface area contributed by atoms with Crippen LogP contribution in [0.25, 0.3) is 0 Å². The molecular weight excluding hydrogens is 217 g/mol. The second kappa shape index (κ2) is 4.63. The van der Waals surface area contributed by atoms with Crippen LogP contribution in [0.3, 0.4) is 0 Å². The Kier molecular flexibility index (Phi) is 2.99. The van der Waals surface area contributed by atoms with Gasteiger partial charge in [-0.05, 0) is 18.1 Å². The van der Waals surface area contributed by atoms with Crippen LogP contribution in [-0.4, -0.2) is 37.6 Å². The first-order valence-electron chi connectivity index (χ1n) is 6.33. The Labute approximate surface area is 101 Å². The first-order chi connectivity index (χ1) is 8.36. The lowest BCUT2D eigenvalue weighted by Crippen LogP contribution is -2.46. The highest BCUT2D eigenvalue weighted by Crippen LogP contribution is 2.35. The largest absolute Gasteiger partial charge is 0.382 e. The van der Waals surface area contributed by atoms with E-state index in [1.54, 1.807) is 0 Å². The molecule has 3 nitrogen and oxygen atoms in total. The summed E-state index contributed by atoms with van der Waals surface area (Å²) in [6.07, 6.45) is 1.07. The van der Waals surface area contributed by atoms with E-state index >= 15 is 0 Å². The van der Waals surface area contributed by atoms with E-state index in [1.165, 1.54) is 6.07 Å². The summed E-state index contributed by atoms with van der Waals surface area (Å²) in [5, 5.41) is 6.54. The third-order valence-corrected chi connectivity index (χ3v) is 3.72. The van der Waals surface area contributed by atoms with E-state index in [2.05, 4.69) is 21.6 Å². The van der Waals surface area contributed by atoms with Crippen molar-refractivity contribution in [2.45, 2.75) is 12.5 Å². The summed E-state index contributed by atoms with van der Waals surface area (Å²) in [6.45, 7) is 5.05. The molecule has 0 aromatic heterocycles. The number of anilines is 1. The zero-order chi connectivity index (χ0) is 11.7.